The highest BCUT2D eigenvalue weighted by molar-refractivity contribution is 4.73. The Morgan fingerprint density at radius 2 is 2.12 bits per heavy atom. The van der Waals surface area contributed by atoms with Crippen LogP contribution in [0.4, 0.5) is 8.78 Å². The Morgan fingerprint density at radius 1 is 1.38 bits per heavy atom. The van der Waals surface area contributed by atoms with E-state index >= 15 is 0 Å². The predicted molar refractivity (Wildman–Crippen MR) is 63.0 cm³/mol. The smallest absolute Gasteiger partial charge is 0.253 e. The number of hydrogen-bond donors (Lipinski definition) is 1. The van der Waals surface area contributed by atoms with Gasteiger partial charge in [-0.25, -0.2) is 8.78 Å². The maximum absolute atomic E-state index is 12.2. The summed E-state index contributed by atoms with van der Waals surface area (Å²) >= 11 is 0. The van der Waals surface area contributed by atoms with Gasteiger partial charge in [0.2, 0.25) is 0 Å². The highest BCUT2D eigenvalue weighted by atomic mass is 19.3. The lowest BCUT2D eigenvalue weighted by molar-refractivity contribution is 0.104. The van der Waals surface area contributed by atoms with E-state index in [9.17, 15) is 8.78 Å². The van der Waals surface area contributed by atoms with Gasteiger partial charge in [0.05, 0.1) is 6.04 Å². The maximum Gasteiger partial charge on any atom is 0.253 e. The summed E-state index contributed by atoms with van der Waals surface area (Å²) < 4.78 is 24.4. The summed E-state index contributed by atoms with van der Waals surface area (Å²) in [5.41, 5.74) is 0. The van der Waals surface area contributed by atoms with Gasteiger partial charge in [0, 0.05) is 6.04 Å². The van der Waals surface area contributed by atoms with Crippen LogP contribution in [0, 0.1) is 0 Å². The molecule has 1 saturated heterocycles. The van der Waals surface area contributed by atoms with Gasteiger partial charge >= 0.3 is 0 Å². The third-order valence-corrected chi connectivity index (χ3v) is 3.41. The van der Waals surface area contributed by atoms with E-state index in [1.165, 1.54) is 32.7 Å². The number of halogens is 2. The van der Waals surface area contributed by atoms with Crippen LogP contribution in [-0.4, -0.2) is 43.0 Å². The number of piperidine rings is 1. The SMILES string of the molecule is CC(NCCCN1CCCCC1C)C(F)F. The minimum Gasteiger partial charge on any atom is -0.309 e. The van der Waals surface area contributed by atoms with Crippen molar-refractivity contribution in [1.82, 2.24) is 10.2 Å². The summed E-state index contributed by atoms with van der Waals surface area (Å²) in [6, 6.07) is -0.0138. The second-order valence-corrected chi connectivity index (χ2v) is 4.81. The predicted octanol–water partition coefficient (Wildman–Crippen LogP) is 2.49. The first kappa shape index (κ1) is 13.8. The summed E-state index contributed by atoms with van der Waals surface area (Å²) in [6.07, 6.45) is 2.60. The molecule has 2 unspecified atom stereocenters. The molecule has 0 amide bonds. The van der Waals surface area contributed by atoms with E-state index in [1.807, 2.05) is 0 Å². The quantitative estimate of drug-likeness (QED) is 0.710. The van der Waals surface area contributed by atoms with Crippen molar-refractivity contribution in [2.24, 2.45) is 0 Å². The molecule has 0 spiro atoms. The number of rotatable bonds is 6. The monoisotopic (exact) mass is 234 g/mol. The molecule has 0 radical (unpaired) electrons. The zero-order chi connectivity index (χ0) is 12.0. The summed E-state index contributed by atoms with van der Waals surface area (Å²) in [5, 5.41) is 2.86. The number of nitrogens with zero attached hydrogens (tertiary/aromatic N) is 1. The molecule has 16 heavy (non-hydrogen) atoms. The molecule has 2 atom stereocenters. The van der Waals surface area contributed by atoms with Crippen LogP contribution in [0.25, 0.3) is 0 Å². The van der Waals surface area contributed by atoms with Crippen LogP contribution in [0.2, 0.25) is 0 Å². The van der Waals surface area contributed by atoms with Crippen molar-refractivity contribution < 1.29 is 8.78 Å². The van der Waals surface area contributed by atoms with Crippen LogP contribution >= 0.6 is 0 Å². The van der Waals surface area contributed by atoms with Crippen molar-refractivity contribution in [3.05, 3.63) is 0 Å². The molecule has 0 bridgehead atoms. The fourth-order valence-electron chi connectivity index (χ4n) is 2.19. The fraction of sp³-hybridized carbons (Fsp3) is 1.00. The number of alkyl halides is 2. The molecule has 0 aromatic carbocycles. The average molecular weight is 234 g/mol. The number of hydrogen-bond acceptors (Lipinski definition) is 2. The lowest BCUT2D eigenvalue weighted by atomic mass is 10.0. The molecular weight excluding hydrogens is 210 g/mol. The van der Waals surface area contributed by atoms with Crippen molar-refractivity contribution in [2.45, 2.75) is 58.0 Å². The second-order valence-electron chi connectivity index (χ2n) is 4.81. The summed E-state index contributed by atoms with van der Waals surface area (Å²) in [5.74, 6) is 0. The molecular formula is C12H24F2N2. The molecule has 0 aromatic heterocycles. The normalized spacial score (nSPS) is 24.9. The minimum atomic E-state index is -2.26. The van der Waals surface area contributed by atoms with Gasteiger partial charge in [0.15, 0.2) is 0 Å². The molecule has 0 aromatic rings. The molecule has 1 aliphatic heterocycles. The van der Waals surface area contributed by atoms with Gasteiger partial charge in [0.25, 0.3) is 6.43 Å². The van der Waals surface area contributed by atoms with Crippen LogP contribution in [0.1, 0.15) is 39.5 Å². The van der Waals surface area contributed by atoms with Gasteiger partial charge in [-0.3, -0.25) is 0 Å². The number of nitrogens with one attached hydrogen (secondary N) is 1. The van der Waals surface area contributed by atoms with Crippen molar-refractivity contribution in [3.63, 3.8) is 0 Å². The van der Waals surface area contributed by atoms with Crippen LogP contribution in [0.5, 0.6) is 0 Å². The van der Waals surface area contributed by atoms with E-state index in [2.05, 4.69) is 17.1 Å². The Morgan fingerprint density at radius 3 is 2.75 bits per heavy atom. The van der Waals surface area contributed by atoms with Crippen molar-refractivity contribution in [1.29, 1.82) is 0 Å². The Bertz CT molecular complexity index is 188. The van der Waals surface area contributed by atoms with Crippen molar-refractivity contribution in [3.8, 4) is 0 Å². The van der Waals surface area contributed by atoms with Crippen LogP contribution < -0.4 is 5.32 Å². The first-order valence-electron chi connectivity index (χ1n) is 6.37. The summed E-state index contributed by atoms with van der Waals surface area (Å²) in [6.45, 7) is 6.69. The van der Waals surface area contributed by atoms with Crippen LogP contribution in [0.15, 0.2) is 0 Å². The lowest BCUT2D eigenvalue weighted by Crippen LogP contribution is -2.40. The lowest BCUT2D eigenvalue weighted by Gasteiger charge is -2.33. The number of likely N-dealkylation sites (tertiary alicyclic amines) is 1. The average Bonchev–Trinajstić information content (AvgIpc) is 2.26. The van der Waals surface area contributed by atoms with E-state index < -0.39 is 12.5 Å². The van der Waals surface area contributed by atoms with E-state index in [0.717, 1.165) is 13.0 Å². The molecule has 0 saturated carbocycles. The van der Waals surface area contributed by atoms with Gasteiger partial charge < -0.3 is 10.2 Å². The Hall–Kier alpha value is -0.220. The molecule has 4 heteroatoms. The third-order valence-electron chi connectivity index (χ3n) is 3.41. The van der Waals surface area contributed by atoms with Crippen LogP contribution in [-0.2, 0) is 0 Å². The zero-order valence-corrected chi connectivity index (χ0v) is 10.4. The zero-order valence-electron chi connectivity index (χ0n) is 10.4. The highest BCUT2D eigenvalue weighted by Crippen LogP contribution is 2.16. The second kappa shape index (κ2) is 7.17. The molecule has 96 valence electrons. The molecule has 2 nitrogen and oxygen atoms in total. The van der Waals surface area contributed by atoms with Gasteiger partial charge in [-0.1, -0.05) is 6.42 Å². The topological polar surface area (TPSA) is 15.3 Å². The van der Waals surface area contributed by atoms with Gasteiger partial charge in [-0.15, -0.1) is 0 Å². The van der Waals surface area contributed by atoms with Crippen molar-refractivity contribution in [2.75, 3.05) is 19.6 Å². The highest BCUT2D eigenvalue weighted by Gasteiger charge is 2.17. The van der Waals surface area contributed by atoms with Gasteiger partial charge in [-0.2, -0.15) is 0 Å². The standard InChI is InChI=1S/C12H24F2N2/c1-10-6-3-4-8-16(10)9-5-7-15-11(2)12(13)14/h10-12,15H,3-9H2,1-2H3. The minimum absolute atomic E-state index is 0.668. The Kier molecular flexibility index (Phi) is 6.21. The van der Waals surface area contributed by atoms with Crippen molar-refractivity contribution >= 4 is 0 Å². The summed E-state index contributed by atoms with van der Waals surface area (Å²) in [7, 11) is 0. The molecule has 0 aliphatic carbocycles. The van der Waals surface area contributed by atoms with Crippen LogP contribution in [0.3, 0.4) is 0 Å². The van der Waals surface area contributed by atoms with Gasteiger partial charge in [0.1, 0.15) is 0 Å². The maximum atomic E-state index is 12.2. The van der Waals surface area contributed by atoms with E-state index in [4.69, 9.17) is 0 Å². The molecule has 1 heterocycles. The van der Waals surface area contributed by atoms with E-state index in [-0.39, 0.29) is 0 Å². The first-order valence-corrected chi connectivity index (χ1v) is 6.37. The summed E-state index contributed by atoms with van der Waals surface area (Å²) in [4.78, 5) is 2.47. The third kappa shape index (κ3) is 4.74. The van der Waals surface area contributed by atoms with E-state index in [0.29, 0.717) is 12.6 Å². The fourth-order valence-corrected chi connectivity index (χ4v) is 2.19. The Balaban J connectivity index is 2.06. The molecule has 1 rings (SSSR count). The molecule has 1 aliphatic rings. The molecule has 1 N–H and O–H groups in total. The van der Waals surface area contributed by atoms with Gasteiger partial charge in [-0.05, 0) is 52.7 Å². The Labute approximate surface area is 97.4 Å². The van der Waals surface area contributed by atoms with E-state index in [1.54, 1.807) is 0 Å². The first-order chi connectivity index (χ1) is 7.61. The largest absolute Gasteiger partial charge is 0.309 e. The molecule has 1 fully saturated rings.